The van der Waals surface area contributed by atoms with Crippen molar-refractivity contribution in [3.63, 3.8) is 0 Å². The zero-order valence-electron chi connectivity index (χ0n) is 7.58. The number of carbonyl (C=O) groups is 2. The number of nitrogens with zero attached hydrogens (tertiary/aromatic N) is 1. The Hall–Kier alpha value is -1.78. The molecule has 0 bridgehead atoms. The van der Waals surface area contributed by atoms with Crippen LogP contribution in [0.3, 0.4) is 0 Å². The van der Waals surface area contributed by atoms with Gasteiger partial charge in [0, 0.05) is 0 Å². The molecule has 0 fully saturated rings. The molecule has 1 rings (SSSR count). The number of rotatable bonds is 3. The van der Waals surface area contributed by atoms with Gasteiger partial charge in [0.05, 0.1) is 6.42 Å². The summed E-state index contributed by atoms with van der Waals surface area (Å²) in [5.41, 5.74) is 0. The summed E-state index contributed by atoms with van der Waals surface area (Å²) < 4.78 is 12.6. The first-order chi connectivity index (χ1) is 6.58. The molecule has 0 spiro atoms. The number of halogens is 1. The lowest BCUT2D eigenvalue weighted by atomic mass is 10.3. The van der Waals surface area contributed by atoms with E-state index >= 15 is 0 Å². The van der Waals surface area contributed by atoms with Crippen molar-refractivity contribution >= 4 is 17.5 Å². The van der Waals surface area contributed by atoms with E-state index < -0.39 is 11.9 Å². The molecular formula is C9H9FN2O2. The molecule has 5 heteroatoms. The third-order valence-corrected chi connectivity index (χ3v) is 1.39. The van der Waals surface area contributed by atoms with Crippen molar-refractivity contribution in [1.29, 1.82) is 0 Å². The van der Waals surface area contributed by atoms with Gasteiger partial charge in [-0.1, -0.05) is 6.07 Å². The van der Waals surface area contributed by atoms with E-state index in [1.807, 2.05) is 0 Å². The van der Waals surface area contributed by atoms with Crippen LogP contribution in [0, 0.1) is 5.95 Å². The smallest absolute Gasteiger partial charge is 0.232 e. The number of nitrogens with one attached hydrogen (secondary N) is 1. The maximum atomic E-state index is 12.6. The molecule has 0 atom stereocenters. The second-order valence-corrected chi connectivity index (χ2v) is 2.77. The number of carbonyl (C=O) groups excluding carboxylic acids is 2. The number of ketones is 1. The molecule has 74 valence electrons. The Morgan fingerprint density at radius 3 is 2.79 bits per heavy atom. The van der Waals surface area contributed by atoms with Crippen LogP contribution in [0.15, 0.2) is 18.2 Å². The average molecular weight is 196 g/mol. The van der Waals surface area contributed by atoms with E-state index in [-0.39, 0.29) is 18.0 Å². The van der Waals surface area contributed by atoms with Gasteiger partial charge >= 0.3 is 0 Å². The zero-order valence-corrected chi connectivity index (χ0v) is 7.58. The minimum atomic E-state index is -0.675. The summed E-state index contributed by atoms with van der Waals surface area (Å²) in [6.07, 6.45) is -0.224. The largest absolute Gasteiger partial charge is 0.310 e. The topological polar surface area (TPSA) is 59.1 Å². The van der Waals surface area contributed by atoms with Gasteiger partial charge in [-0.05, 0) is 19.1 Å². The zero-order chi connectivity index (χ0) is 10.6. The molecule has 0 aromatic carbocycles. The van der Waals surface area contributed by atoms with E-state index in [9.17, 15) is 14.0 Å². The van der Waals surface area contributed by atoms with Crippen LogP contribution in [-0.2, 0) is 9.59 Å². The summed E-state index contributed by atoms with van der Waals surface area (Å²) in [6, 6.07) is 4.04. The van der Waals surface area contributed by atoms with Gasteiger partial charge < -0.3 is 5.32 Å². The fourth-order valence-corrected chi connectivity index (χ4v) is 0.891. The second-order valence-electron chi connectivity index (χ2n) is 2.77. The molecule has 0 radical (unpaired) electrons. The highest BCUT2D eigenvalue weighted by Crippen LogP contribution is 2.03. The van der Waals surface area contributed by atoms with Crippen LogP contribution in [0.1, 0.15) is 13.3 Å². The van der Waals surface area contributed by atoms with Gasteiger partial charge in [0.25, 0.3) is 0 Å². The van der Waals surface area contributed by atoms with Crippen LogP contribution in [0.4, 0.5) is 10.2 Å². The van der Waals surface area contributed by atoms with Gasteiger partial charge in [0.2, 0.25) is 11.9 Å². The third-order valence-electron chi connectivity index (χ3n) is 1.39. The average Bonchev–Trinajstić information content (AvgIpc) is 2.01. The van der Waals surface area contributed by atoms with Crippen LogP contribution >= 0.6 is 0 Å². The Kier molecular flexibility index (Phi) is 3.28. The van der Waals surface area contributed by atoms with Gasteiger partial charge in [-0.2, -0.15) is 4.39 Å². The van der Waals surface area contributed by atoms with Crippen molar-refractivity contribution in [2.75, 3.05) is 5.32 Å². The number of amides is 1. The van der Waals surface area contributed by atoms with E-state index in [0.717, 1.165) is 0 Å². The third kappa shape index (κ3) is 3.30. The normalized spacial score (nSPS) is 9.57. The maximum absolute atomic E-state index is 12.6. The lowest BCUT2D eigenvalue weighted by Gasteiger charge is -2.01. The maximum Gasteiger partial charge on any atom is 0.232 e. The number of hydrogen-bond acceptors (Lipinski definition) is 3. The predicted molar refractivity (Wildman–Crippen MR) is 48.1 cm³/mol. The van der Waals surface area contributed by atoms with Gasteiger partial charge in [-0.15, -0.1) is 0 Å². The Bertz CT molecular complexity index is 366. The van der Waals surface area contributed by atoms with Crippen LogP contribution in [0.2, 0.25) is 0 Å². The van der Waals surface area contributed by atoms with Crippen molar-refractivity contribution in [3.05, 3.63) is 24.1 Å². The predicted octanol–water partition coefficient (Wildman–Crippen LogP) is 1.14. The van der Waals surface area contributed by atoms with Crippen LogP contribution in [0.25, 0.3) is 0 Å². The minimum absolute atomic E-state index is 0.108. The molecular weight excluding hydrogens is 187 g/mol. The van der Waals surface area contributed by atoms with E-state index in [1.54, 1.807) is 0 Å². The number of aromatic nitrogens is 1. The van der Waals surface area contributed by atoms with Gasteiger partial charge in [-0.25, -0.2) is 4.98 Å². The van der Waals surface area contributed by atoms with E-state index in [1.165, 1.54) is 25.1 Å². The van der Waals surface area contributed by atoms with Crippen LogP contribution < -0.4 is 5.32 Å². The number of pyridine rings is 1. The van der Waals surface area contributed by atoms with Gasteiger partial charge in [0.15, 0.2) is 0 Å². The quantitative estimate of drug-likeness (QED) is 0.582. The van der Waals surface area contributed by atoms with Crippen molar-refractivity contribution in [3.8, 4) is 0 Å². The summed E-state index contributed by atoms with van der Waals surface area (Å²) >= 11 is 0. The Labute approximate surface area is 80.1 Å². The number of anilines is 1. The fourth-order valence-electron chi connectivity index (χ4n) is 0.891. The van der Waals surface area contributed by atoms with E-state index in [2.05, 4.69) is 10.3 Å². The molecule has 14 heavy (non-hydrogen) atoms. The Morgan fingerprint density at radius 1 is 1.50 bits per heavy atom. The lowest BCUT2D eigenvalue weighted by Crippen LogP contribution is -2.15. The summed E-state index contributed by atoms with van der Waals surface area (Å²) in [5, 5.41) is 2.30. The first-order valence-electron chi connectivity index (χ1n) is 4.00. The Balaban J connectivity index is 2.60. The van der Waals surface area contributed by atoms with Crippen LogP contribution in [-0.4, -0.2) is 16.7 Å². The summed E-state index contributed by atoms with van der Waals surface area (Å²) in [4.78, 5) is 25.0. The number of hydrogen-bond donors (Lipinski definition) is 1. The fraction of sp³-hybridized carbons (Fsp3) is 0.222. The molecule has 1 heterocycles. The monoisotopic (exact) mass is 196 g/mol. The van der Waals surface area contributed by atoms with Crippen LogP contribution in [0.5, 0.6) is 0 Å². The highest BCUT2D eigenvalue weighted by Gasteiger charge is 2.06. The summed E-state index contributed by atoms with van der Waals surface area (Å²) in [7, 11) is 0. The molecule has 0 aliphatic carbocycles. The SMILES string of the molecule is CC(=O)CC(=O)Nc1cccc(F)n1. The first kappa shape index (κ1) is 10.3. The molecule has 1 N–H and O–H groups in total. The Morgan fingerprint density at radius 2 is 2.21 bits per heavy atom. The minimum Gasteiger partial charge on any atom is -0.310 e. The van der Waals surface area contributed by atoms with Crippen molar-refractivity contribution in [2.24, 2.45) is 0 Å². The molecule has 0 aliphatic rings. The highest BCUT2D eigenvalue weighted by molar-refractivity contribution is 6.03. The lowest BCUT2D eigenvalue weighted by molar-refractivity contribution is -0.124. The van der Waals surface area contributed by atoms with Crippen molar-refractivity contribution < 1.29 is 14.0 Å². The standard InChI is InChI=1S/C9H9FN2O2/c1-6(13)5-9(14)12-8-4-2-3-7(10)11-8/h2-4H,5H2,1H3,(H,11,12,14). The summed E-state index contributed by atoms with van der Waals surface area (Å²) in [5.74, 6) is -1.31. The molecule has 0 unspecified atom stereocenters. The molecule has 0 aliphatic heterocycles. The molecule has 1 aromatic rings. The first-order valence-corrected chi connectivity index (χ1v) is 4.00. The molecule has 1 aromatic heterocycles. The van der Waals surface area contributed by atoms with E-state index in [0.29, 0.717) is 0 Å². The van der Waals surface area contributed by atoms with E-state index in [4.69, 9.17) is 0 Å². The highest BCUT2D eigenvalue weighted by atomic mass is 19.1. The summed E-state index contributed by atoms with van der Waals surface area (Å²) in [6.45, 7) is 1.30. The second kappa shape index (κ2) is 4.45. The molecule has 0 saturated carbocycles. The molecule has 4 nitrogen and oxygen atoms in total. The van der Waals surface area contributed by atoms with Crippen molar-refractivity contribution in [1.82, 2.24) is 4.98 Å². The van der Waals surface area contributed by atoms with Gasteiger partial charge in [0.1, 0.15) is 11.6 Å². The number of Topliss-reactive ketones (excluding diaryl/α,β-unsaturated/α-hetero) is 1. The molecule has 0 saturated heterocycles. The van der Waals surface area contributed by atoms with Gasteiger partial charge in [-0.3, -0.25) is 9.59 Å². The van der Waals surface area contributed by atoms with Crippen molar-refractivity contribution in [2.45, 2.75) is 13.3 Å². The molecule has 1 amide bonds.